The van der Waals surface area contributed by atoms with Gasteiger partial charge in [-0.15, -0.1) is 0 Å². The van der Waals surface area contributed by atoms with E-state index in [4.69, 9.17) is 9.16 Å². The molecule has 0 aromatic rings. The van der Waals surface area contributed by atoms with Crippen molar-refractivity contribution < 1.29 is 14.0 Å². The standard InChI is InChI=1S/C16H30O3Si/c1-7-15(12-13-16(17)18-8-2)14(6)19-20(9-3,10-4)11-5/h7H,6,8-13H2,1-5H3. The molecule has 0 amide bonds. The highest BCUT2D eigenvalue weighted by atomic mass is 28.4. The van der Waals surface area contributed by atoms with Gasteiger partial charge in [0.05, 0.1) is 12.4 Å². The van der Waals surface area contributed by atoms with Gasteiger partial charge in [-0.05, 0) is 44.0 Å². The van der Waals surface area contributed by atoms with Crippen molar-refractivity contribution in [2.45, 2.75) is 65.6 Å². The third kappa shape index (κ3) is 5.95. The molecule has 20 heavy (non-hydrogen) atoms. The zero-order chi connectivity index (χ0) is 15.6. The Balaban J connectivity index is 4.60. The van der Waals surface area contributed by atoms with Gasteiger partial charge in [-0.1, -0.05) is 33.4 Å². The van der Waals surface area contributed by atoms with E-state index in [0.29, 0.717) is 19.4 Å². The summed E-state index contributed by atoms with van der Waals surface area (Å²) in [6.07, 6.45) is 3.01. The van der Waals surface area contributed by atoms with Crippen molar-refractivity contribution in [2.75, 3.05) is 6.61 Å². The predicted octanol–water partition coefficient (Wildman–Crippen LogP) is 4.81. The smallest absolute Gasteiger partial charge is 0.306 e. The molecule has 0 atom stereocenters. The first kappa shape index (κ1) is 19.0. The average Bonchev–Trinajstić information content (AvgIpc) is 2.46. The van der Waals surface area contributed by atoms with Crippen molar-refractivity contribution in [2.24, 2.45) is 0 Å². The lowest BCUT2D eigenvalue weighted by atomic mass is 10.1. The second kappa shape index (κ2) is 9.81. The van der Waals surface area contributed by atoms with E-state index in [1.165, 1.54) is 0 Å². The number of ether oxygens (including phenoxy) is 1. The van der Waals surface area contributed by atoms with E-state index in [2.05, 4.69) is 27.4 Å². The molecule has 0 heterocycles. The molecule has 116 valence electrons. The maximum atomic E-state index is 11.4. The second-order valence-corrected chi connectivity index (χ2v) is 9.58. The Kier molecular flexibility index (Phi) is 9.30. The van der Waals surface area contributed by atoms with Crippen LogP contribution in [0.3, 0.4) is 0 Å². The molecule has 3 nitrogen and oxygen atoms in total. The minimum atomic E-state index is -1.69. The van der Waals surface area contributed by atoms with Crippen LogP contribution >= 0.6 is 0 Å². The zero-order valence-electron chi connectivity index (χ0n) is 13.8. The van der Waals surface area contributed by atoms with Crippen LogP contribution in [0.4, 0.5) is 0 Å². The van der Waals surface area contributed by atoms with Crippen molar-refractivity contribution in [1.29, 1.82) is 0 Å². The van der Waals surface area contributed by atoms with E-state index in [-0.39, 0.29) is 5.97 Å². The van der Waals surface area contributed by atoms with Crippen molar-refractivity contribution in [3.05, 3.63) is 24.0 Å². The summed E-state index contributed by atoms with van der Waals surface area (Å²) in [7, 11) is -1.69. The van der Waals surface area contributed by atoms with Gasteiger partial charge in [-0.25, -0.2) is 0 Å². The number of carbonyl (C=O) groups is 1. The van der Waals surface area contributed by atoms with Crippen LogP contribution in [0.5, 0.6) is 0 Å². The highest BCUT2D eigenvalue weighted by Gasteiger charge is 2.31. The van der Waals surface area contributed by atoms with E-state index >= 15 is 0 Å². The van der Waals surface area contributed by atoms with E-state index in [0.717, 1.165) is 29.5 Å². The van der Waals surface area contributed by atoms with Crippen LogP contribution in [-0.4, -0.2) is 20.9 Å². The monoisotopic (exact) mass is 298 g/mol. The topological polar surface area (TPSA) is 35.5 Å². The number of rotatable bonds is 10. The van der Waals surface area contributed by atoms with E-state index < -0.39 is 8.32 Å². The average molecular weight is 298 g/mol. The fourth-order valence-electron chi connectivity index (χ4n) is 2.21. The summed E-state index contributed by atoms with van der Waals surface area (Å²) in [4.78, 5) is 11.4. The van der Waals surface area contributed by atoms with Crippen molar-refractivity contribution >= 4 is 14.3 Å². The molecule has 4 heteroatoms. The third-order valence-corrected chi connectivity index (χ3v) is 8.43. The van der Waals surface area contributed by atoms with Crippen LogP contribution < -0.4 is 0 Å². The Morgan fingerprint density at radius 3 is 2.05 bits per heavy atom. The van der Waals surface area contributed by atoms with Gasteiger partial charge in [0, 0.05) is 6.42 Å². The SMILES string of the molecule is C=C(O[Si](CC)(CC)CC)C(=CC)CCC(=O)OCC. The molecule has 0 aromatic heterocycles. The predicted molar refractivity (Wildman–Crippen MR) is 87.0 cm³/mol. The summed E-state index contributed by atoms with van der Waals surface area (Å²) in [5.41, 5.74) is 1.02. The Morgan fingerprint density at radius 2 is 1.65 bits per heavy atom. The van der Waals surface area contributed by atoms with Crippen LogP contribution in [0.2, 0.25) is 18.1 Å². The molecule has 0 aliphatic carbocycles. The summed E-state index contributed by atoms with van der Waals surface area (Å²) in [5, 5.41) is 0. The van der Waals surface area contributed by atoms with Crippen LogP contribution in [0.1, 0.15) is 47.5 Å². The summed E-state index contributed by atoms with van der Waals surface area (Å²) < 4.78 is 11.2. The summed E-state index contributed by atoms with van der Waals surface area (Å²) in [5.74, 6) is 0.582. The zero-order valence-corrected chi connectivity index (χ0v) is 14.8. The normalized spacial score (nSPS) is 12.2. The maximum absolute atomic E-state index is 11.4. The number of esters is 1. The summed E-state index contributed by atoms with van der Waals surface area (Å²) in [6, 6.07) is 3.27. The molecule has 0 fully saturated rings. The molecule has 0 aromatic carbocycles. The molecule has 0 saturated carbocycles. The first-order valence-corrected chi connectivity index (χ1v) is 10.2. The van der Waals surface area contributed by atoms with E-state index in [1.54, 1.807) is 0 Å². The molecule has 0 unspecified atom stereocenters. The molecular weight excluding hydrogens is 268 g/mol. The largest absolute Gasteiger partial charge is 0.544 e. The lowest BCUT2D eigenvalue weighted by Gasteiger charge is -2.30. The van der Waals surface area contributed by atoms with Gasteiger partial charge in [0.1, 0.15) is 0 Å². The number of hydrogen-bond acceptors (Lipinski definition) is 3. The van der Waals surface area contributed by atoms with Gasteiger partial charge in [0.25, 0.3) is 0 Å². The van der Waals surface area contributed by atoms with Gasteiger partial charge in [0.15, 0.2) is 0 Å². The Hall–Kier alpha value is -1.03. The fraction of sp³-hybridized carbons (Fsp3) is 0.688. The van der Waals surface area contributed by atoms with Crippen molar-refractivity contribution in [3.63, 3.8) is 0 Å². The highest BCUT2D eigenvalue weighted by molar-refractivity contribution is 6.73. The summed E-state index contributed by atoms with van der Waals surface area (Å²) in [6.45, 7) is 14.9. The Labute approximate surface area is 125 Å². The van der Waals surface area contributed by atoms with E-state index in [9.17, 15) is 4.79 Å². The molecule has 0 aliphatic heterocycles. The third-order valence-electron chi connectivity index (χ3n) is 3.88. The van der Waals surface area contributed by atoms with Crippen LogP contribution in [0, 0.1) is 0 Å². The molecule has 0 radical (unpaired) electrons. The highest BCUT2D eigenvalue weighted by Crippen LogP contribution is 2.28. The van der Waals surface area contributed by atoms with Crippen LogP contribution in [-0.2, 0) is 14.0 Å². The van der Waals surface area contributed by atoms with Gasteiger partial charge in [-0.2, -0.15) is 0 Å². The lowest BCUT2D eigenvalue weighted by Crippen LogP contribution is -2.35. The van der Waals surface area contributed by atoms with Gasteiger partial charge in [0.2, 0.25) is 8.32 Å². The van der Waals surface area contributed by atoms with Gasteiger partial charge >= 0.3 is 5.97 Å². The molecule has 0 aliphatic rings. The lowest BCUT2D eigenvalue weighted by molar-refractivity contribution is -0.143. The summed E-state index contributed by atoms with van der Waals surface area (Å²) >= 11 is 0. The Bertz CT molecular complexity index is 335. The maximum Gasteiger partial charge on any atom is 0.306 e. The second-order valence-electron chi connectivity index (χ2n) is 4.89. The van der Waals surface area contributed by atoms with E-state index in [1.807, 2.05) is 19.9 Å². The molecule has 0 N–H and O–H groups in total. The van der Waals surface area contributed by atoms with Gasteiger partial charge in [-0.3, -0.25) is 4.79 Å². The molecule has 0 saturated heterocycles. The Morgan fingerprint density at radius 1 is 1.10 bits per heavy atom. The molecule has 0 bridgehead atoms. The number of carbonyl (C=O) groups excluding carboxylic acids is 1. The first-order chi connectivity index (χ1) is 9.48. The molecule has 0 rings (SSSR count). The minimum Gasteiger partial charge on any atom is -0.544 e. The number of allylic oxidation sites excluding steroid dienone is 2. The van der Waals surface area contributed by atoms with Crippen molar-refractivity contribution in [3.8, 4) is 0 Å². The number of hydrogen-bond donors (Lipinski definition) is 0. The van der Waals surface area contributed by atoms with Crippen molar-refractivity contribution in [1.82, 2.24) is 0 Å². The van der Waals surface area contributed by atoms with Crippen LogP contribution in [0.25, 0.3) is 0 Å². The minimum absolute atomic E-state index is 0.162. The first-order valence-electron chi connectivity index (χ1n) is 7.67. The van der Waals surface area contributed by atoms with Gasteiger partial charge < -0.3 is 9.16 Å². The molecular formula is C16H30O3Si. The fourth-order valence-corrected chi connectivity index (χ4v) is 4.79. The van der Waals surface area contributed by atoms with Crippen LogP contribution in [0.15, 0.2) is 24.0 Å². The quantitative estimate of drug-likeness (QED) is 0.251. The molecule has 0 spiro atoms.